The molecule has 20 heavy (non-hydrogen) atoms. The van der Waals surface area contributed by atoms with Crippen LogP contribution in [-0.2, 0) is 16.1 Å². The molecule has 5 nitrogen and oxygen atoms in total. The highest BCUT2D eigenvalue weighted by Gasteiger charge is 2.19. The number of β-amino-alcohol motifs (C(OH)–C–C–N with tert-alkyl or cyclic N) is 1. The molecule has 0 bridgehead atoms. The monoisotopic (exact) mass is 279 g/mol. The fraction of sp³-hybridized carbons (Fsp3) is 0.533. The summed E-state index contributed by atoms with van der Waals surface area (Å²) < 4.78 is 10.5. The van der Waals surface area contributed by atoms with Gasteiger partial charge in [0.25, 0.3) is 0 Å². The van der Waals surface area contributed by atoms with Crippen LogP contribution in [0.2, 0.25) is 0 Å². The summed E-state index contributed by atoms with van der Waals surface area (Å²) in [6.07, 6.45) is -0.674. The average Bonchev–Trinajstić information content (AvgIpc) is 2.60. The molecule has 2 rings (SSSR count). The number of hydrogen-bond acceptors (Lipinski definition) is 5. The zero-order valence-electron chi connectivity index (χ0n) is 11.7. The van der Waals surface area contributed by atoms with E-state index in [4.69, 9.17) is 9.47 Å². The number of ether oxygens (including phenoxy) is 2. The van der Waals surface area contributed by atoms with Gasteiger partial charge in [0.05, 0.1) is 19.1 Å². The first-order valence-electron chi connectivity index (χ1n) is 6.95. The van der Waals surface area contributed by atoms with Crippen molar-refractivity contribution in [2.75, 3.05) is 26.3 Å². The van der Waals surface area contributed by atoms with Crippen LogP contribution in [0.4, 0.5) is 0 Å². The molecule has 1 aliphatic rings. The van der Waals surface area contributed by atoms with Gasteiger partial charge < -0.3 is 14.6 Å². The lowest BCUT2D eigenvalue weighted by molar-refractivity contribution is -0.145. The second kappa shape index (κ2) is 7.26. The molecule has 0 amide bonds. The number of carbonyl (C=O) groups is 1. The van der Waals surface area contributed by atoms with Crippen molar-refractivity contribution in [3.05, 3.63) is 29.8 Å². The van der Waals surface area contributed by atoms with Crippen LogP contribution in [0.1, 0.15) is 18.9 Å². The van der Waals surface area contributed by atoms with Crippen LogP contribution in [0, 0.1) is 0 Å². The topological polar surface area (TPSA) is 59.0 Å². The van der Waals surface area contributed by atoms with E-state index in [0.29, 0.717) is 19.8 Å². The number of nitrogens with zero attached hydrogens (tertiary/aromatic N) is 1. The molecule has 0 radical (unpaired) electrons. The van der Waals surface area contributed by atoms with Crippen molar-refractivity contribution in [1.82, 2.24) is 4.90 Å². The normalized spacial score (nSPS) is 16.7. The predicted molar refractivity (Wildman–Crippen MR) is 74.5 cm³/mol. The molecular formula is C15H21NO4. The molecule has 0 spiro atoms. The summed E-state index contributed by atoms with van der Waals surface area (Å²) in [5.74, 6) is 0.543. The zero-order valence-corrected chi connectivity index (χ0v) is 11.7. The van der Waals surface area contributed by atoms with Gasteiger partial charge in [-0.1, -0.05) is 18.2 Å². The molecule has 1 heterocycles. The fourth-order valence-corrected chi connectivity index (χ4v) is 2.31. The van der Waals surface area contributed by atoms with Gasteiger partial charge in [-0.05, 0) is 13.0 Å². The number of fused-ring (bicyclic) bond motifs is 1. The van der Waals surface area contributed by atoms with Crippen molar-refractivity contribution in [2.24, 2.45) is 0 Å². The number of para-hydroxylation sites is 1. The molecule has 5 heteroatoms. The third-order valence-electron chi connectivity index (χ3n) is 3.21. The third-order valence-corrected chi connectivity index (χ3v) is 3.21. The molecule has 0 saturated heterocycles. The van der Waals surface area contributed by atoms with Crippen LogP contribution in [0.5, 0.6) is 5.75 Å². The van der Waals surface area contributed by atoms with E-state index in [1.165, 1.54) is 0 Å². The summed E-state index contributed by atoms with van der Waals surface area (Å²) in [5.41, 5.74) is 1.10. The van der Waals surface area contributed by atoms with Crippen LogP contribution in [0.3, 0.4) is 0 Å². The Morgan fingerprint density at radius 1 is 1.50 bits per heavy atom. The van der Waals surface area contributed by atoms with Gasteiger partial charge in [-0.25, -0.2) is 0 Å². The van der Waals surface area contributed by atoms with Crippen molar-refractivity contribution in [1.29, 1.82) is 0 Å². The molecule has 1 unspecified atom stereocenters. The van der Waals surface area contributed by atoms with Crippen molar-refractivity contribution in [3.63, 3.8) is 0 Å². The first-order chi connectivity index (χ1) is 9.69. The maximum atomic E-state index is 11.3. The zero-order chi connectivity index (χ0) is 14.4. The van der Waals surface area contributed by atoms with E-state index in [-0.39, 0.29) is 12.4 Å². The average molecular weight is 279 g/mol. The van der Waals surface area contributed by atoms with Gasteiger partial charge in [0.15, 0.2) is 0 Å². The first-order valence-corrected chi connectivity index (χ1v) is 6.95. The predicted octanol–water partition coefficient (Wildman–Crippen LogP) is 1.20. The van der Waals surface area contributed by atoms with Crippen molar-refractivity contribution in [3.8, 4) is 5.75 Å². The van der Waals surface area contributed by atoms with Gasteiger partial charge in [-0.3, -0.25) is 9.69 Å². The van der Waals surface area contributed by atoms with Crippen LogP contribution >= 0.6 is 0 Å². The minimum atomic E-state index is -0.709. The van der Waals surface area contributed by atoms with Gasteiger partial charge in [0.2, 0.25) is 0 Å². The number of esters is 1. The van der Waals surface area contributed by atoms with E-state index < -0.39 is 6.10 Å². The summed E-state index contributed by atoms with van der Waals surface area (Å²) >= 11 is 0. The Hall–Kier alpha value is -1.59. The Morgan fingerprint density at radius 2 is 2.30 bits per heavy atom. The third kappa shape index (κ3) is 4.21. The number of rotatable bonds is 5. The van der Waals surface area contributed by atoms with E-state index in [1.54, 1.807) is 6.92 Å². The molecule has 1 aromatic carbocycles. The van der Waals surface area contributed by atoms with Crippen molar-refractivity contribution < 1.29 is 19.4 Å². The first kappa shape index (κ1) is 14.8. The summed E-state index contributed by atoms with van der Waals surface area (Å²) in [7, 11) is 0. The van der Waals surface area contributed by atoms with E-state index >= 15 is 0 Å². The summed E-state index contributed by atoms with van der Waals surface area (Å²) in [6.45, 7) is 4.58. The second-order valence-corrected chi connectivity index (χ2v) is 4.85. The highest BCUT2D eigenvalue weighted by atomic mass is 16.5. The highest BCUT2D eigenvalue weighted by molar-refractivity contribution is 5.69. The number of benzene rings is 1. The van der Waals surface area contributed by atoms with Crippen LogP contribution < -0.4 is 4.74 Å². The quantitative estimate of drug-likeness (QED) is 0.821. The largest absolute Gasteiger partial charge is 0.492 e. The van der Waals surface area contributed by atoms with Crippen LogP contribution in [0.25, 0.3) is 0 Å². The van der Waals surface area contributed by atoms with Gasteiger partial charge in [0.1, 0.15) is 12.4 Å². The van der Waals surface area contributed by atoms with Gasteiger partial charge >= 0.3 is 5.97 Å². The lowest BCUT2D eigenvalue weighted by Gasteiger charge is -2.22. The molecule has 110 valence electrons. The molecule has 1 aromatic rings. The van der Waals surface area contributed by atoms with Crippen LogP contribution in [0.15, 0.2) is 24.3 Å². The van der Waals surface area contributed by atoms with Gasteiger partial charge in [-0.15, -0.1) is 0 Å². The molecule has 0 fully saturated rings. The maximum absolute atomic E-state index is 11.3. The smallest absolute Gasteiger partial charge is 0.308 e. The minimum absolute atomic E-state index is 0.0346. The maximum Gasteiger partial charge on any atom is 0.308 e. The van der Waals surface area contributed by atoms with Crippen LogP contribution in [-0.4, -0.2) is 48.4 Å². The molecule has 1 N–H and O–H groups in total. The number of carbonyl (C=O) groups excluding carboxylic acids is 1. The summed E-state index contributed by atoms with van der Waals surface area (Å²) in [4.78, 5) is 13.4. The Bertz CT molecular complexity index is 449. The summed E-state index contributed by atoms with van der Waals surface area (Å²) in [6, 6.07) is 7.89. The Balaban J connectivity index is 1.89. The molecule has 1 atom stereocenters. The Morgan fingerprint density at radius 3 is 3.10 bits per heavy atom. The Labute approximate surface area is 119 Å². The molecular weight excluding hydrogens is 258 g/mol. The highest BCUT2D eigenvalue weighted by Crippen LogP contribution is 2.22. The number of aliphatic hydroxyl groups excluding tert-OH is 1. The standard InChI is InChI=1S/C15H21NO4/c1-2-19-15(18)9-13(17)11-16-7-8-20-14-6-4-3-5-12(14)10-16/h3-6,13,17H,2,7-11H2,1H3. The van der Waals surface area contributed by atoms with Gasteiger partial charge in [-0.2, -0.15) is 0 Å². The van der Waals surface area contributed by atoms with Gasteiger partial charge in [0, 0.05) is 25.2 Å². The minimum Gasteiger partial charge on any atom is -0.492 e. The number of hydrogen-bond donors (Lipinski definition) is 1. The SMILES string of the molecule is CCOC(=O)CC(O)CN1CCOc2ccccc2C1. The lowest BCUT2D eigenvalue weighted by Crippen LogP contribution is -2.35. The second-order valence-electron chi connectivity index (χ2n) is 4.85. The lowest BCUT2D eigenvalue weighted by atomic mass is 10.1. The summed E-state index contributed by atoms with van der Waals surface area (Å²) in [5, 5.41) is 9.95. The molecule has 1 aliphatic heterocycles. The van der Waals surface area contributed by atoms with Crippen molar-refractivity contribution in [2.45, 2.75) is 26.0 Å². The Kier molecular flexibility index (Phi) is 5.38. The number of aliphatic hydroxyl groups is 1. The molecule has 0 aliphatic carbocycles. The molecule has 0 aromatic heterocycles. The van der Waals surface area contributed by atoms with E-state index in [9.17, 15) is 9.90 Å². The fourth-order valence-electron chi connectivity index (χ4n) is 2.31. The van der Waals surface area contributed by atoms with E-state index in [2.05, 4.69) is 4.90 Å². The van der Waals surface area contributed by atoms with E-state index in [1.807, 2.05) is 24.3 Å². The molecule has 0 saturated carbocycles. The van der Waals surface area contributed by atoms with E-state index in [0.717, 1.165) is 24.4 Å². The van der Waals surface area contributed by atoms with Crippen molar-refractivity contribution >= 4 is 5.97 Å².